The van der Waals surface area contributed by atoms with Crippen molar-refractivity contribution in [2.45, 2.75) is 13.5 Å². The Morgan fingerprint density at radius 3 is 2.58 bits per heavy atom. The number of nitrogens with one attached hydrogen (secondary N) is 1. The highest BCUT2D eigenvalue weighted by molar-refractivity contribution is 7.90. The SMILES string of the molecule is Cc1ccnc2cc(-c3ccc(CNCCS(C)(=O)=O)cc3)sc12. The first kappa shape index (κ1) is 17.1. The van der Waals surface area contributed by atoms with Crippen molar-refractivity contribution in [2.24, 2.45) is 0 Å². The molecule has 0 amide bonds. The van der Waals surface area contributed by atoms with Gasteiger partial charge in [0.15, 0.2) is 0 Å². The smallest absolute Gasteiger partial charge is 0.148 e. The number of benzene rings is 1. The predicted octanol–water partition coefficient (Wildman–Crippen LogP) is 3.41. The van der Waals surface area contributed by atoms with E-state index in [4.69, 9.17) is 0 Å². The van der Waals surface area contributed by atoms with Crippen LogP contribution in [-0.4, -0.2) is 32.0 Å². The molecule has 3 rings (SSSR count). The lowest BCUT2D eigenvalue weighted by Crippen LogP contribution is -2.21. The highest BCUT2D eigenvalue weighted by Crippen LogP contribution is 2.34. The van der Waals surface area contributed by atoms with Crippen LogP contribution in [0.4, 0.5) is 0 Å². The van der Waals surface area contributed by atoms with E-state index in [2.05, 4.69) is 47.6 Å². The number of pyridine rings is 1. The number of thiophene rings is 1. The summed E-state index contributed by atoms with van der Waals surface area (Å²) in [6.07, 6.45) is 3.10. The zero-order valence-corrected chi connectivity index (χ0v) is 15.4. The average molecular weight is 361 g/mol. The van der Waals surface area contributed by atoms with Crippen LogP contribution in [-0.2, 0) is 16.4 Å². The number of hydrogen-bond donors (Lipinski definition) is 1. The van der Waals surface area contributed by atoms with Gasteiger partial charge in [-0.15, -0.1) is 11.3 Å². The second kappa shape index (κ2) is 7.01. The van der Waals surface area contributed by atoms with Crippen molar-refractivity contribution in [3.8, 4) is 10.4 Å². The van der Waals surface area contributed by atoms with E-state index in [0.717, 1.165) is 11.1 Å². The van der Waals surface area contributed by atoms with Crippen LogP contribution in [0.25, 0.3) is 20.7 Å². The quantitative estimate of drug-likeness (QED) is 0.685. The largest absolute Gasteiger partial charge is 0.312 e. The molecule has 1 aromatic carbocycles. The second-order valence-electron chi connectivity index (χ2n) is 5.96. The van der Waals surface area contributed by atoms with E-state index in [1.54, 1.807) is 11.3 Å². The summed E-state index contributed by atoms with van der Waals surface area (Å²) >= 11 is 1.76. The van der Waals surface area contributed by atoms with Gasteiger partial charge < -0.3 is 5.32 Å². The fraction of sp³-hybridized carbons (Fsp3) is 0.278. The molecule has 0 atom stereocenters. The van der Waals surface area contributed by atoms with Crippen molar-refractivity contribution >= 4 is 31.4 Å². The number of hydrogen-bond acceptors (Lipinski definition) is 5. The lowest BCUT2D eigenvalue weighted by Gasteiger charge is -2.05. The molecular formula is C18H20N2O2S2. The first-order valence-electron chi connectivity index (χ1n) is 7.75. The Bertz CT molecular complexity index is 945. The van der Waals surface area contributed by atoms with E-state index in [1.807, 2.05) is 12.3 Å². The zero-order chi connectivity index (χ0) is 17.2. The van der Waals surface area contributed by atoms with Crippen molar-refractivity contribution < 1.29 is 8.42 Å². The number of fused-ring (bicyclic) bond motifs is 1. The molecule has 0 aliphatic carbocycles. The van der Waals surface area contributed by atoms with Crippen LogP contribution < -0.4 is 5.32 Å². The molecule has 0 spiro atoms. The highest BCUT2D eigenvalue weighted by Gasteiger charge is 2.07. The molecule has 0 saturated heterocycles. The van der Waals surface area contributed by atoms with Gasteiger partial charge in [-0.05, 0) is 35.7 Å². The maximum absolute atomic E-state index is 11.1. The van der Waals surface area contributed by atoms with Gasteiger partial charge in [0.1, 0.15) is 9.84 Å². The summed E-state index contributed by atoms with van der Waals surface area (Å²) in [5.41, 5.74) is 4.62. The molecule has 6 heteroatoms. The minimum atomic E-state index is -2.90. The monoisotopic (exact) mass is 360 g/mol. The first-order valence-corrected chi connectivity index (χ1v) is 10.6. The lowest BCUT2D eigenvalue weighted by molar-refractivity contribution is 0.596. The maximum Gasteiger partial charge on any atom is 0.148 e. The first-order chi connectivity index (χ1) is 11.4. The molecule has 0 radical (unpaired) electrons. The molecule has 2 heterocycles. The van der Waals surface area contributed by atoms with Crippen LogP contribution in [0, 0.1) is 6.92 Å². The summed E-state index contributed by atoms with van der Waals surface area (Å²) in [7, 11) is -2.90. The van der Waals surface area contributed by atoms with Crippen LogP contribution in [0.3, 0.4) is 0 Å². The van der Waals surface area contributed by atoms with Crippen molar-refractivity contribution in [3.63, 3.8) is 0 Å². The van der Waals surface area contributed by atoms with Gasteiger partial charge in [-0.3, -0.25) is 4.98 Å². The van der Waals surface area contributed by atoms with Crippen molar-refractivity contribution in [1.29, 1.82) is 0 Å². The third-order valence-corrected chi connectivity index (χ3v) is 6.08. The topological polar surface area (TPSA) is 59.1 Å². The van der Waals surface area contributed by atoms with Crippen LogP contribution in [0.5, 0.6) is 0 Å². The number of aromatic nitrogens is 1. The van der Waals surface area contributed by atoms with E-state index in [-0.39, 0.29) is 5.75 Å². The Morgan fingerprint density at radius 1 is 1.17 bits per heavy atom. The van der Waals surface area contributed by atoms with Gasteiger partial charge in [0.05, 0.1) is 16.0 Å². The molecule has 0 aliphatic heterocycles. The van der Waals surface area contributed by atoms with E-state index in [9.17, 15) is 8.42 Å². The van der Waals surface area contributed by atoms with Gasteiger partial charge in [0.25, 0.3) is 0 Å². The third-order valence-electron chi connectivity index (χ3n) is 3.83. The standard InChI is InChI=1S/C18H20N2O2S2/c1-13-7-8-20-16-11-17(23-18(13)16)15-5-3-14(4-6-15)12-19-9-10-24(2,21)22/h3-8,11,19H,9-10,12H2,1-2H3. The summed E-state index contributed by atoms with van der Waals surface area (Å²) in [6, 6.07) is 12.5. The lowest BCUT2D eigenvalue weighted by atomic mass is 10.1. The average Bonchev–Trinajstić information content (AvgIpc) is 2.97. The Kier molecular flexibility index (Phi) is 4.99. The summed E-state index contributed by atoms with van der Waals surface area (Å²) in [5, 5.41) is 3.16. The summed E-state index contributed by atoms with van der Waals surface area (Å²) < 4.78 is 23.4. The fourth-order valence-corrected chi connectivity index (χ4v) is 4.09. The Morgan fingerprint density at radius 2 is 1.92 bits per heavy atom. The molecule has 126 valence electrons. The minimum absolute atomic E-state index is 0.166. The molecule has 0 saturated carbocycles. The fourth-order valence-electron chi connectivity index (χ4n) is 2.48. The molecule has 3 aromatic rings. The molecule has 0 unspecified atom stereocenters. The summed E-state index contributed by atoms with van der Waals surface area (Å²) in [6.45, 7) is 3.25. The molecule has 2 aromatic heterocycles. The van der Waals surface area contributed by atoms with E-state index < -0.39 is 9.84 Å². The summed E-state index contributed by atoms with van der Waals surface area (Å²) in [5.74, 6) is 0.166. The van der Waals surface area contributed by atoms with Crippen molar-refractivity contribution in [3.05, 3.63) is 53.7 Å². The van der Waals surface area contributed by atoms with Gasteiger partial charge in [0.2, 0.25) is 0 Å². The van der Waals surface area contributed by atoms with Crippen molar-refractivity contribution in [2.75, 3.05) is 18.6 Å². The molecular weight excluding hydrogens is 340 g/mol. The van der Waals surface area contributed by atoms with E-state index in [1.165, 1.54) is 27.0 Å². The molecule has 0 bridgehead atoms. The van der Waals surface area contributed by atoms with E-state index >= 15 is 0 Å². The van der Waals surface area contributed by atoms with Gasteiger partial charge in [-0.1, -0.05) is 24.3 Å². The number of rotatable bonds is 6. The molecule has 24 heavy (non-hydrogen) atoms. The molecule has 0 aliphatic rings. The van der Waals surface area contributed by atoms with Crippen molar-refractivity contribution in [1.82, 2.24) is 10.3 Å². The Balaban J connectivity index is 1.68. The minimum Gasteiger partial charge on any atom is -0.312 e. The van der Waals surface area contributed by atoms with Gasteiger partial charge in [-0.25, -0.2) is 8.42 Å². The van der Waals surface area contributed by atoms with Crippen LogP contribution in [0.15, 0.2) is 42.6 Å². The van der Waals surface area contributed by atoms with E-state index in [0.29, 0.717) is 13.1 Å². The third kappa shape index (κ3) is 4.20. The normalized spacial score (nSPS) is 11.9. The highest BCUT2D eigenvalue weighted by atomic mass is 32.2. The Labute approximate surface area is 146 Å². The van der Waals surface area contributed by atoms with Gasteiger partial charge in [0, 0.05) is 30.4 Å². The number of aryl methyl sites for hydroxylation is 1. The maximum atomic E-state index is 11.1. The molecule has 4 nitrogen and oxygen atoms in total. The zero-order valence-electron chi connectivity index (χ0n) is 13.7. The van der Waals surface area contributed by atoms with Gasteiger partial charge >= 0.3 is 0 Å². The predicted molar refractivity (Wildman–Crippen MR) is 101 cm³/mol. The summed E-state index contributed by atoms with van der Waals surface area (Å²) in [4.78, 5) is 5.64. The number of sulfone groups is 1. The molecule has 0 fully saturated rings. The van der Waals surface area contributed by atoms with Crippen LogP contribution >= 0.6 is 11.3 Å². The van der Waals surface area contributed by atoms with Crippen LogP contribution in [0.1, 0.15) is 11.1 Å². The number of nitrogens with zero attached hydrogens (tertiary/aromatic N) is 1. The van der Waals surface area contributed by atoms with Crippen LogP contribution in [0.2, 0.25) is 0 Å². The second-order valence-corrected chi connectivity index (χ2v) is 9.27. The van der Waals surface area contributed by atoms with Gasteiger partial charge in [-0.2, -0.15) is 0 Å². The Hall–Kier alpha value is -1.76. The molecule has 1 N–H and O–H groups in total.